The van der Waals surface area contributed by atoms with E-state index in [1.54, 1.807) is 6.08 Å². The zero-order valence-corrected chi connectivity index (χ0v) is 17.9. The molecule has 0 aliphatic heterocycles. The number of carbonyl (C=O) groups excluding carboxylic acids is 2. The van der Waals surface area contributed by atoms with Gasteiger partial charge in [0.25, 0.3) is 0 Å². The fraction of sp³-hybridized carbons (Fsp3) is 0. The van der Waals surface area contributed by atoms with Crippen LogP contribution in [0.3, 0.4) is 0 Å². The van der Waals surface area contributed by atoms with Gasteiger partial charge >= 0.3 is 5.97 Å². The second-order valence-corrected chi connectivity index (χ2v) is 8.25. The van der Waals surface area contributed by atoms with Gasteiger partial charge in [-0.1, -0.05) is 42.5 Å². The maximum absolute atomic E-state index is 13.0. The highest BCUT2D eigenvalue weighted by Gasteiger charge is 2.33. The quantitative estimate of drug-likeness (QED) is 0.276. The lowest BCUT2D eigenvalue weighted by Gasteiger charge is -2.07. The summed E-state index contributed by atoms with van der Waals surface area (Å²) in [5.41, 5.74) is 4.26. The molecule has 1 aliphatic carbocycles. The molecule has 0 radical (unpaired) electrons. The van der Waals surface area contributed by atoms with Crippen molar-refractivity contribution >= 4 is 45.4 Å². The lowest BCUT2D eigenvalue weighted by molar-refractivity contribution is 0.0696. The van der Waals surface area contributed by atoms with Crippen LogP contribution >= 0.6 is 0 Å². The summed E-state index contributed by atoms with van der Waals surface area (Å²) in [4.78, 5) is 37.2. The molecule has 0 fully saturated rings. The number of ketones is 2. The van der Waals surface area contributed by atoms with Gasteiger partial charge < -0.3 is 9.67 Å². The highest BCUT2D eigenvalue weighted by Crippen LogP contribution is 2.34. The Bertz CT molecular complexity index is 1710. The molecule has 0 saturated heterocycles. The number of carbonyl (C=O) groups is 3. The van der Waals surface area contributed by atoms with Crippen molar-refractivity contribution in [2.45, 2.75) is 0 Å². The Balaban J connectivity index is 1.51. The predicted molar refractivity (Wildman–Crippen MR) is 131 cm³/mol. The SMILES string of the molecule is O=C(O)c1ccc2c(c1)C(=O)/C(=C\c1ccc3c(c1)c1ccccc1n3-c1ccccc1)C2=O. The minimum absolute atomic E-state index is 0.0173. The van der Waals surface area contributed by atoms with Crippen molar-refractivity contribution in [1.82, 2.24) is 4.57 Å². The van der Waals surface area contributed by atoms with Crippen LogP contribution in [0, 0.1) is 0 Å². The first-order valence-corrected chi connectivity index (χ1v) is 10.8. The second kappa shape index (κ2) is 7.39. The van der Waals surface area contributed by atoms with E-state index in [0.717, 1.165) is 33.1 Å². The van der Waals surface area contributed by atoms with Crippen molar-refractivity contribution in [3.05, 3.63) is 119 Å². The van der Waals surface area contributed by atoms with Crippen LogP contribution in [0.5, 0.6) is 0 Å². The van der Waals surface area contributed by atoms with Crippen molar-refractivity contribution < 1.29 is 19.5 Å². The molecule has 0 atom stereocenters. The van der Waals surface area contributed by atoms with Gasteiger partial charge in [0, 0.05) is 27.6 Å². The van der Waals surface area contributed by atoms with Crippen LogP contribution in [0.25, 0.3) is 33.6 Å². The number of carboxylic acid groups (broad SMARTS) is 1. The minimum atomic E-state index is -1.14. The minimum Gasteiger partial charge on any atom is -0.478 e. The van der Waals surface area contributed by atoms with Crippen LogP contribution in [-0.2, 0) is 0 Å². The van der Waals surface area contributed by atoms with Gasteiger partial charge in [0.05, 0.1) is 22.2 Å². The molecule has 1 N–H and O–H groups in total. The Hall–Kier alpha value is -4.77. The Morgan fingerprint density at radius 3 is 2.21 bits per heavy atom. The van der Waals surface area contributed by atoms with Gasteiger partial charge in [0.15, 0.2) is 11.6 Å². The standard InChI is InChI=1S/C29H17NO4/c31-27-21-12-11-18(29(33)34)16-23(21)28(32)24(27)15-17-10-13-26-22(14-17)20-8-4-5-9-25(20)30(26)19-6-2-1-3-7-19/h1-16H,(H,33,34)/b24-15-. The third kappa shape index (κ3) is 2.91. The number of fused-ring (bicyclic) bond motifs is 4. The third-order valence-corrected chi connectivity index (χ3v) is 6.27. The van der Waals surface area contributed by atoms with Crippen molar-refractivity contribution in [3.63, 3.8) is 0 Å². The third-order valence-electron chi connectivity index (χ3n) is 6.27. The summed E-state index contributed by atoms with van der Waals surface area (Å²) in [6.45, 7) is 0. The summed E-state index contributed by atoms with van der Waals surface area (Å²) in [5, 5.41) is 11.3. The summed E-state index contributed by atoms with van der Waals surface area (Å²) in [6, 6.07) is 28.1. The van der Waals surface area contributed by atoms with E-state index in [4.69, 9.17) is 0 Å². The van der Waals surface area contributed by atoms with Crippen LogP contribution in [0.4, 0.5) is 0 Å². The lowest BCUT2D eigenvalue weighted by atomic mass is 10.0. The number of allylic oxidation sites excluding steroid dienone is 1. The Morgan fingerprint density at radius 1 is 0.706 bits per heavy atom. The smallest absolute Gasteiger partial charge is 0.335 e. The van der Waals surface area contributed by atoms with Crippen LogP contribution in [0.1, 0.15) is 36.6 Å². The number of rotatable bonds is 3. The Morgan fingerprint density at radius 2 is 1.41 bits per heavy atom. The summed E-state index contributed by atoms with van der Waals surface area (Å²) in [7, 11) is 0. The Kier molecular flexibility index (Phi) is 4.32. The molecule has 34 heavy (non-hydrogen) atoms. The number of benzene rings is 4. The highest BCUT2D eigenvalue weighted by atomic mass is 16.4. The van der Waals surface area contributed by atoms with Crippen LogP contribution in [0.15, 0.2) is 96.6 Å². The number of hydrogen-bond donors (Lipinski definition) is 1. The molecule has 4 aromatic carbocycles. The molecule has 6 rings (SSSR count). The molecule has 162 valence electrons. The molecule has 0 spiro atoms. The molecule has 5 heteroatoms. The molecule has 1 heterocycles. The van der Waals surface area contributed by atoms with Gasteiger partial charge in [-0.25, -0.2) is 4.79 Å². The maximum atomic E-state index is 13.0. The fourth-order valence-corrected chi connectivity index (χ4v) is 4.69. The van der Waals surface area contributed by atoms with Crippen LogP contribution in [0.2, 0.25) is 0 Å². The molecule has 5 aromatic rings. The number of para-hydroxylation sites is 2. The summed E-state index contributed by atoms with van der Waals surface area (Å²) < 4.78 is 2.19. The number of aromatic nitrogens is 1. The number of nitrogens with zero attached hydrogens (tertiary/aromatic N) is 1. The normalized spacial score (nSPS) is 14.3. The maximum Gasteiger partial charge on any atom is 0.335 e. The predicted octanol–water partition coefficient (Wildman–Crippen LogP) is 5.94. The number of Topliss-reactive ketones (excluding diaryl/α,β-unsaturated/α-hetero) is 2. The lowest BCUT2D eigenvalue weighted by Crippen LogP contribution is -2.01. The van der Waals surface area contributed by atoms with Crippen molar-refractivity contribution in [2.24, 2.45) is 0 Å². The number of carboxylic acids is 1. The molecule has 0 bridgehead atoms. The van der Waals surface area contributed by atoms with Gasteiger partial charge in [-0.2, -0.15) is 0 Å². The molecule has 5 nitrogen and oxygen atoms in total. The van der Waals surface area contributed by atoms with E-state index < -0.39 is 11.8 Å². The topological polar surface area (TPSA) is 76.4 Å². The van der Waals surface area contributed by atoms with Crippen LogP contribution in [-0.4, -0.2) is 27.2 Å². The van der Waals surface area contributed by atoms with Crippen LogP contribution < -0.4 is 0 Å². The molecule has 1 aromatic heterocycles. The first-order valence-electron chi connectivity index (χ1n) is 10.8. The molecular weight excluding hydrogens is 426 g/mol. The van der Waals surface area contributed by atoms with Crippen molar-refractivity contribution in [3.8, 4) is 5.69 Å². The van der Waals surface area contributed by atoms with E-state index in [-0.39, 0.29) is 28.0 Å². The molecule has 1 aliphatic rings. The summed E-state index contributed by atoms with van der Waals surface area (Å²) in [5.74, 6) is -1.97. The first-order chi connectivity index (χ1) is 16.5. The second-order valence-electron chi connectivity index (χ2n) is 8.25. The monoisotopic (exact) mass is 443 g/mol. The van der Waals surface area contributed by atoms with Crippen molar-refractivity contribution in [1.29, 1.82) is 0 Å². The van der Waals surface area contributed by atoms with E-state index in [2.05, 4.69) is 28.8 Å². The van der Waals surface area contributed by atoms with Gasteiger partial charge in [0.1, 0.15) is 0 Å². The zero-order valence-electron chi connectivity index (χ0n) is 17.9. The largest absolute Gasteiger partial charge is 0.478 e. The Labute approximate surface area is 194 Å². The molecule has 0 amide bonds. The number of aromatic carboxylic acids is 1. The van der Waals surface area contributed by atoms with Gasteiger partial charge in [-0.05, 0) is 60.2 Å². The summed E-state index contributed by atoms with van der Waals surface area (Å²) >= 11 is 0. The molecule has 0 saturated carbocycles. The van der Waals surface area contributed by atoms with E-state index in [9.17, 15) is 19.5 Å². The fourth-order valence-electron chi connectivity index (χ4n) is 4.69. The van der Waals surface area contributed by atoms with Crippen molar-refractivity contribution in [2.75, 3.05) is 0 Å². The average Bonchev–Trinajstić information content (AvgIpc) is 3.31. The van der Waals surface area contributed by atoms with E-state index >= 15 is 0 Å². The first kappa shape index (κ1) is 19.9. The van der Waals surface area contributed by atoms with Gasteiger partial charge in [-0.3, -0.25) is 9.59 Å². The summed E-state index contributed by atoms with van der Waals surface area (Å²) in [6.07, 6.45) is 1.60. The zero-order chi connectivity index (χ0) is 23.4. The van der Waals surface area contributed by atoms with E-state index in [1.165, 1.54) is 18.2 Å². The number of hydrogen-bond acceptors (Lipinski definition) is 3. The van der Waals surface area contributed by atoms with E-state index in [1.807, 2.05) is 48.5 Å². The molecular formula is C29H17NO4. The van der Waals surface area contributed by atoms with Gasteiger partial charge in [0.2, 0.25) is 0 Å². The molecule has 0 unspecified atom stereocenters. The van der Waals surface area contributed by atoms with Gasteiger partial charge in [-0.15, -0.1) is 0 Å². The average molecular weight is 443 g/mol. The highest BCUT2D eigenvalue weighted by molar-refractivity contribution is 6.41. The van der Waals surface area contributed by atoms with E-state index in [0.29, 0.717) is 0 Å².